The molecular weight excluding hydrogens is 258 g/mol. The van der Waals surface area contributed by atoms with Gasteiger partial charge in [0, 0.05) is 26.3 Å². The number of nitrogens with two attached hydrogens (primary N) is 1. The molecule has 2 fully saturated rings. The predicted octanol–water partition coefficient (Wildman–Crippen LogP) is -0.0800. The van der Waals surface area contributed by atoms with E-state index in [1.165, 1.54) is 0 Å². The number of hydrogen-bond acceptors (Lipinski definition) is 6. The van der Waals surface area contributed by atoms with Gasteiger partial charge in [-0.3, -0.25) is 4.79 Å². The minimum atomic E-state index is 0.0609. The largest absolute Gasteiger partial charge is 0.384 e. The molecule has 2 saturated heterocycles. The van der Waals surface area contributed by atoms with Crippen LogP contribution in [0.2, 0.25) is 0 Å². The van der Waals surface area contributed by atoms with Gasteiger partial charge in [0.15, 0.2) is 5.82 Å². The van der Waals surface area contributed by atoms with E-state index in [-0.39, 0.29) is 17.9 Å². The summed E-state index contributed by atoms with van der Waals surface area (Å²) in [4.78, 5) is 22.6. The summed E-state index contributed by atoms with van der Waals surface area (Å²) < 4.78 is 5.06. The molecule has 2 aliphatic rings. The number of hydrogen-bond donors (Lipinski definition) is 2. The Morgan fingerprint density at radius 3 is 3.20 bits per heavy atom. The fourth-order valence-corrected chi connectivity index (χ4v) is 3.08. The number of anilines is 2. The molecule has 3 N–H and O–H groups in total. The number of fused-ring (bicyclic) bond motifs is 1. The number of methoxy groups -OCH3 is 1. The summed E-state index contributed by atoms with van der Waals surface area (Å²) in [7, 11) is 1.60. The zero-order valence-electron chi connectivity index (χ0n) is 11.5. The van der Waals surface area contributed by atoms with Crippen LogP contribution in [-0.2, 0) is 16.1 Å². The van der Waals surface area contributed by atoms with Gasteiger partial charge in [0.1, 0.15) is 18.2 Å². The van der Waals surface area contributed by atoms with Gasteiger partial charge in [-0.25, -0.2) is 9.97 Å². The third-order valence-electron chi connectivity index (χ3n) is 3.95. The second-order valence-corrected chi connectivity index (χ2v) is 5.25. The molecule has 0 aliphatic carbocycles. The van der Waals surface area contributed by atoms with Crippen molar-refractivity contribution in [1.29, 1.82) is 0 Å². The molecule has 0 bridgehead atoms. The van der Waals surface area contributed by atoms with Crippen molar-refractivity contribution in [1.82, 2.24) is 15.3 Å². The lowest BCUT2D eigenvalue weighted by molar-refractivity contribution is -0.122. The highest BCUT2D eigenvalue weighted by molar-refractivity contribution is 5.83. The van der Waals surface area contributed by atoms with Crippen LogP contribution in [0.15, 0.2) is 6.07 Å². The predicted molar refractivity (Wildman–Crippen MR) is 74.0 cm³/mol. The van der Waals surface area contributed by atoms with E-state index >= 15 is 0 Å². The summed E-state index contributed by atoms with van der Waals surface area (Å²) in [5.74, 6) is 2.00. The Balaban J connectivity index is 1.89. The van der Waals surface area contributed by atoms with Crippen LogP contribution in [0.1, 0.15) is 18.7 Å². The maximum absolute atomic E-state index is 11.8. The van der Waals surface area contributed by atoms with Gasteiger partial charge in [-0.15, -0.1) is 0 Å². The van der Waals surface area contributed by atoms with Crippen molar-refractivity contribution in [3.05, 3.63) is 11.9 Å². The highest BCUT2D eigenvalue weighted by Crippen LogP contribution is 2.31. The average Bonchev–Trinajstić information content (AvgIpc) is 2.80. The first-order valence-corrected chi connectivity index (χ1v) is 6.86. The molecule has 1 aromatic heterocycles. The van der Waals surface area contributed by atoms with Gasteiger partial charge in [0.25, 0.3) is 0 Å². The van der Waals surface area contributed by atoms with Crippen LogP contribution in [-0.4, -0.2) is 42.1 Å². The fourth-order valence-electron chi connectivity index (χ4n) is 3.08. The summed E-state index contributed by atoms with van der Waals surface area (Å²) in [5.41, 5.74) is 5.84. The summed E-state index contributed by atoms with van der Waals surface area (Å²) in [6, 6.07) is 1.94. The number of nitrogens with one attached hydrogen (secondary N) is 1. The molecule has 0 saturated carbocycles. The number of carbonyl (C=O) groups is 1. The van der Waals surface area contributed by atoms with Crippen molar-refractivity contribution in [2.45, 2.75) is 25.5 Å². The van der Waals surface area contributed by atoms with Crippen LogP contribution in [0.5, 0.6) is 0 Å². The lowest BCUT2D eigenvalue weighted by atomic mass is 9.91. The van der Waals surface area contributed by atoms with E-state index in [2.05, 4.69) is 20.2 Å². The van der Waals surface area contributed by atoms with E-state index in [0.717, 1.165) is 25.2 Å². The second kappa shape index (κ2) is 5.24. The van der Waals surface area contributed by atoms with Crippen LogP contribution < -0.4 is 16.0 Å². The number of nitrogen functional groups attached to an aromatic ring is 1. The molecule has 1 aromatic rings. The number of rotatable bonds is 3. The summed E-state index contributed by atoms with van der Waals surface area (Å²) in [6.45, 7) is 1.89. The molecule has 2 unspecified atom stereocenters. The van der Waals surface area contributed by atoms with Crippen molar-refractivity contribution in [3.63, 3.8) is 0 Å². The first kappa shape index (κ1) is 13.1. The third-order valence-corrected chi connectivity index (χ3v) is 3.95. The van der Waals surface area contributed by atoms with Crippen LogP contribution in [0.25, 0.3) is 0 Å². The Kier molecular flexibility index (Phi) is 3.43. The third kappa shape index (κ3) is 2.29. The molecule has 1 amide bonds. The van der Waals surface area contributed by atoms with Gasteiger partial charge >= 0.3 is 0 Å². The van der Waals surface area contributed by atoms with Gasteiger partial charge in [-0.2, -0.15) is 0 Å². The van der Waals surface area contributed by atoms with Gasteiger partial charge < -0.3 is 20.7 Å². The van der Waals surface area contributed by atoms with Crippen LogP contribution in [0.4, 0.5) is 11.6 Å². The average molecular weight is 277 g/mol. The molecule has 3 heterocycles. The van der Waals surface area contributed by atoms with E-state index in [9.17, 15) is 4.79 Å². The molecule has 108 valence electrons. The lowest BCUT2D eigenvalue weighted by Gasteiger charge is -2.36. The Labute approximate surface area is 117 Å². The SMILES string of the molecule is COCc1nc(N)cc(N2CCCC3C(=O)NCC32)n1. The number of ether oxygens (including phenoxy) is 1. The number of amides is 1. The highest BCUT2D eigenvalue weighted by Gasteiger charge is 2.41. The molecule has 2 aliphatic heterocycles. The Bertz CT molecular complexity index is 521. The maximum atomic E-state index is 11.8. The van der Waals surface area contributed by atoms with Crippen molar-refractivity contribution in [3.8, 4) is 0 Å². The summed E-state index contributed by atoms with van der Waals surface area (Å²) >= 11 is 0. The van der Waals surface area contributed by atoms with Gasteiger partial charge in [-0.05, 0) is 12.8 Å². The van der Waals surface area contributed by atoms with Gasteiger partial charge in [0.05, 0.1) is 12.0 Å². The van der Waals surface area contributed by atoms with E-state index in [0.29, 0.717) is 24.8 Å². The molecule has 0 aromatic carbocycles. The van der Waals surface area contributed by atoms with E-state index in [4.69, 9.17) is 10.5 Å². The molecule has 2 atom stereocenters. The normalized spacial score (nSPS) is 25.4. The topological polar surface area (TPSA) is 93.4 Å². The molecule has 7 nitrogen and oxygen atoms in total. The van der Waals surface area contributed by atoms with E-state index < -0.39 is 0 Å². The van der Waals surface area contributed by atoms with Crippen LogP contribution >= 0.6 is 0 Å². The number of carbonyl (C=O) groups excluding carboxylic acids is 1. The molecule has 7 heteroatoms. The zero-order chi connectivity index (χ0) is 14.1. The fraction of sp³-hybridized carbons (Fsp3) is 0.615. The van der Waals surface area contributed by atoms with Crippen LogP contribution in [0, 0.1) is 5.92 Å². The number of aromatic nitrogens is 2. The highest BCUT2D eigenvalue weighted by atomic mass is 16.5. The summed E-state index contributed by atoms with van der Waals surface area (Å²) in [5, 5.41) is 2.94. The number of piperidine rings is 1. The van der Waals surface area contributed by atoms with E-state index in [1.54, 1.807) is 13.2 Å². The smallest absolute Gasteiger partial charge is 0.225 e. The maximum Gasteiger partial charge on any atom is 0.225 e. The Hall–Kier alpha value is -1.89. The van der Waals surface area contributed by atoms with Crippen molar-refractivity contribution in [2.24, 2.45) is 5.92 Å². The van der Waals surface area contributed by atoms with Crippen molar-refractivity contribution >= 4 is 17.5 Å². The molecule has 3 rings (SSSR count). The number of nitrogens with zero attached hydrogens (tertiary/aromatic N) is 3. The molecule has 0 spiro atoms. The molecule has 20 heavy (non-hydrogen) atoms. The van der Waals surface area contributed by atoms with Crippen molar-refractivity contribution < 1.29 is 9.53 Å². The lowest BCUT2D eigenvalue weighted by Crippen LogP contribution is -2.46. The van der Waals surface area contributed by atoms with Crippen LogP contribution in [0.3, 0.4) is 0 Å². The van der Waals surface area contributed by atoms with E-state index in [1.807, 2.05) is 0 Å². The quantitative estimate of drug-likeness (QED) is 0.802. The minimum absolute atomic E-state index is 0.0609. The second-order valence-electron chi connectivity index (χ2n) is 5.25. The van der Waals surface area contributed by atoms with Gasteiger partial charge in [0.2, 0.25) is 5.91 Å². The Morgan fingerprint density at radius 2 is 2.40 bits per heavy atom. The summed E-state index contributed by atoms with van der Waals surface area (Å²) in [6.07, 6.45) is 1.93. The minimum Gasteiger partial charge on any atom is -0.384 e. The zero-order valence-corrected chi connectivity index (χ0v) is 11.5. The first-order valence-electron chi connectivity index (χ1n) is 6.86. The molecular formula is C13H19N5O2. The van der Waals surface area contributed by atoms with Gasteiger partial charge in [-0.1, -0.05) is 0 Å². The first-order chi connectivity index (χ1) is 9.69. The monoisotopic (exact) mass is 277 g/mol. The Morgan fingerprint density at radius 1 is 1.55 bits per heavy atom. The molecule has 0 radical (unpaired) electrons. The standard InChI is InChI=1S/C13H19N5O2/c1-20-7-11-16-10(14)5-12(17-11)18-4-2-3-8-9(18)6-15-13(8)19/h5,8-9H,2-4,6-7H2,1H3,(H,15,19)(H2,14,16,17). The van der Waals surface area contributed by atoms with Crippen molar-refractivity contribution in [2.75, 3.05) is 30.8 Å².